The molecule has 0 heterocycles. The van der Waals surface area contributed by atoms with E-state index in [2.05, 4.69) is 52.4 Å². The van der Waals surface area contributed by atoms with Crippen molar-refractivity contribution in [3.8, 4) is 6.07 Å². The van der Waals surface area contributed by atoms with Gasteiger partial charge in [0.05, 0.1) is 11.6 Å². The molecule has 0 amide bonds. The quantitative estimate of drug-likeness (QED) is 0.928. The van der Waals surface area contributed by atoms with Crippen molar-refractivity contribution in [2.24, 2.45) is 0 Å². The summed E-state index contributed by atoms with van der Waals surface area (Å²) >= 11 is 3.57. The fourth-order valence-electron chi connectivity index (χ4n) is 1.89. The van der Waals surface area contributed by atoms with Crippen molar-refractivity contribution in [2.75, 3.05) is 0 Å². The molecule has 0 saturated heterocycles. The molecular weight excluding hydrogens is 300 g/mol. The van der Waals surface area contributed by atoms with E-state index in [0.717, 1.165) is 23.1 Å². The first-order valence-corrected chi connectivity index (χ1v) is 6.93. The highest BCUT2D eigenvalue weighted by molar-refractivity contribution is 9.10. The second-order valence-electron chi connectivity index (χ2n) is 4.51. The number of hydrogen-bond acceptors (Lipinski definition) is 2. The van der Waals surface area contributed by atoms with Gasteiger partial charge in [-0.15, -0.1) is 0 Å². The molecule has 3 heteroatoms. The minimum Gasteiger partial charge on any atom is -0.309 e. The minimum atomic E-state index is 0.704. The van der Waals surface area contributed by atoms with Crippen molar-refractivity contribution in [2.45, 2.75) is 20.0 Å². The van der Waals surface area contributed by atoms with E-state index >= 15 is 0 Å². The summed E-state index contributed by atoms with van der Waals surface area (Å²) in [5.74, 6) is 0. The summed E-state index contributed by atoms with van der Waals surface area (Å²) in [7, 11) is 0. The second kappa shape index (κ2) is 6.51. The lowest BCUT2D eigenvalue weighted by atomic mass is 10.1. The first kappa shape index (κ1) is 13.8. The highest BCUT2D eigenvalue weighted by atomic mass is 79.9. The predicted molar refractivity (Wildman–Crippen MR) is 80.6 cm³/mol. The van der Waals surface area contributed by atoms with E-state index < -0.39 is 0 Å². The number of halogens is 1. The molecule has 0 aromatic heterocycles. The molecule has 0 saturated carbocycles. The molecule has 2 aromatic carbocycles. The summed E-state index contributed by atoms with van der Waals surface area (Å²) in [4.78, 5) is 0. The van der Waals surface area contributed by atoms with Gasteiger partial charge >= 0.3 is 0 Å². The van der Waals surface area contributed by atoms with Crippen LogP contribution in [0.4, 0.5) is 0 Å². The summed E-state index contributed by atoms with van der Waals surface area (Å²) in [5, 5.41) is 12.2. The lowest BCUT2D eigenvalue weighted by Gasteiger charge is -2.08. The third-order valence-corrected chi connectivity index (χ3v) is 3.65. The fourth-order valence-corrected chi connectivity index (χ4v) is 2.52. The van der Waals surface area contributed by atoms with Crippen LogP contribution >= 0.6 is 15.9 Å². The van der Waals surface area contributed by atoms with Crippen LogP contribution in [-0.2, 0) is 13.1 Å². The number of nitrogens with one attached hydrogen (secondary N) is 1. The highest BCUT2D eigenvalue weighted by Crippen LogP contribution is 2.18. The first-order chi connectivity index (χ1) is 9.19. The van der Waals surface area contributed by atoms with Gasteiger partial charge in [0, 0.05) is 17.6 Å². The molecule has 0 aliphatic rings. The number of nitriles is 1. The van der Waals surface area contributed by atoms with Gasteiger partial charge in [-0.2, -0.15) is 5.26 Å². The first-order valence-electron chi connectivity index (χ1n) is 6.14. The van der Waals surface area contributed by atoms with E-state index in [-0.39, 0.29) is 0 Å². The number of benzene rings is 2. The minimum absolute atomic E-state index is 0.704. The molecule has 0 radical (unpaired) electrons. The van der Waals surface area contributed by atoms with Gasteiger partial charge < -0.3 is 5.32 Å². The molecule has 0 bridgehead atoms. The number of aryl methyl sites for hydroxylation is 1. The number of rotatable bonds is 4. The third kappa shape index (κ3) is 3.92. The Kier molecular flexibility index (Phi) is 4.73. The molecule has 1 N–H and O–H groups in total. The Bertz CT molecular complexity index is 614. The van der Waals surface area contributed by atoms with Gasteiger partial charge in [-0.1, -0.05) is 40.2 Å². The van der Waals surface area contributed by atoms with E-state index in [1.165, 1.54) is 11.1 Å². The van der Waals surface area contributed by atoms with Crippen LogP contribution < -0.4 is 5.32 Å². The molecule has 0 atom stereocenters. The average molecular weight is 315 g/mol. The third-order valence-electron chi connectivity index (χ3n) is 2.91. The molecule has 2 nitrogen and oxygen atoms in total. The van der Waals surface area contributed by atoms with E-state index in [1.54, 1.807) is 0 Å². The Morgan fingerprint density at radius 3 is 2.74 bits per heavy atom. The smallest absolute Gasteiger partial charge is 0.0991 e. The average Bonchev–Trinajstić information content (AvgIpc) is 2.41. The maximum absolute atomic E-state index is 8.85. The summed E-state index contributed by atoms with van der Waals surface area (Å²) in [6, 6.07) is 16.2. The number of nitrogens with zero attached hydrogens (tertiary/aromatic N) is 1. The topological polar surface area (TPSA) is 35.8 Å². The van der Waals surface area contributed by atoms with Gasteiger partial charge in [-0.25, -0.2) is 0 Å². The van der Waals surface area contributed by atoms with Crippen LogP contribution in [0.15, 0.2) is 46.9 Å². The Labute approximate surface area is 122 Å². The van der Waals surface area contributed by atoms with Gasteiger partial charge in [0.25, 0.3) is 0 Å². The Morgan fingerprint density at radius 2 is 2.00 bits per heavy atom. The Morgan fingerprint density at radius 1 is 1.16 bits per heavy atom. The van der Waals surface area contributed by atoms with Crippen LogP contribution in [0.25, 0.3) is 0 Å². The second-order valence-corrected chi connectivity index (χ2v) is 5.36. The van der Waals surface area contributed by atoms with Gasteiger partial charge in [0.15, 0.2) is 0 Å². The van der Waals surface area contributed by atoms with Crippen LogP contribution in [0.1, 0.15) is 22.3 Å². The molecule has 0 aliphatic heterocycles. The summed E-state index contributed by atoms with van der Waals surface area (Å²) in [5.41, 5.74) is 4.32. The van der Waals surface area contributed by atoms with Crippen LogP contribution in [-0.4, -0.2) is 0 Å². The number of hydrogen-bond donors (Lipinski definition) is 1. The summed E-state index contributed by atoms with van der Waals surface area (Å²) in [6.07, 6.45) is 0. The van der Waals surface area contributed by atoms with Gasteiger partial charge in [-0.05, 0) is 41.8 Å². The monoisotopic (exact) mass is 314 g/mol. The molecule has 0 aliphatic carbocycles. The van der Waals surface area contributed by atoms with Crippen molar-refractivity contribution in [1.82, 2.24) is 5.32 Å². The molecular formula is C16H15BrN2. The van der Waals surface area contributed by atoms with Crippen LogP contribution in [0.5, 0.6) is 0 Å². The van der Waals surface area contributed by atoms with Crippen molar-refractivity contribution < 1.29 is 0 Å². The maximum Gasteiger partial charge on any atom is 0.0991 e. The van der Waals surface area contributed by atoms with E-state index in [9.17, 15) is 0 Å². The Hall–Kier alpha value is -1.63. The van der Waals surface area contributed by atoms with Crippen molar-refractivity contribution in [3.63, 3.8) is 0 Å². The molecule has 0 unspecified atom stereocenters. The van der Waals surface area contributed by atoms with E-state index in [0.29, 0.717) is 5.56 Å². The highest BCUT2D eigenvalue weighted by Gasteiger charge is 2.00. The van der Waals surface area contributed by atoms with E-state index in [1.807, 2.05) is 24.3 Å². The predicted octanol–water partition coefficient (Wildman–Crippen LogP) is 3.92. The van der Waals surface area contributed by atoms with Crippen molar-refractivity contribution >= 4 is 15.9 Å². The molecule has 96 valence electrons. The Balaban J connectivity index is 1.94. The zero-order chi connectivity index (χ0) is 13.7. The van der Waals surface area contributed by atoms with Gasteiger partial charge in [0.2, 0.25) is 0 Å². The molecule has 19 heavy (non-hydrogen) atoms. The van der Waals surface area contributed by atoms with E-state index in [4.69, 9.17) is 5.26 Å². The molecule has 2 aromatic rings. The standard InChI is InChI=1S/C16H15BrN2/c1-12-5-6-15(16(17)7-12)11-19-10-14-4-2-3-13(8-14)9-18/h2-8,19H,10-11H2,1H3. The summed E-state index contributed by atoms with van der Waals surface area (Å²) in [6.45, 7) is 3.64. The van der Waals surface area contributed by atoms with Gasteiger partial charge in [0.1, 0.15) is 0 Å². The SMILES string of the molecule is Cc1ccc(CNCc2cccc(C#N)c2)c(Br)c1. The molecule has 0 fully saturated rings. The van der Waals surface area contributed by atoms with Crippen molar-refractivity contribution in [3.05, 3.63) is 69.2 Å². The fraction of sp³-hybridized carbons (Fsp3) is 0.188. The summed E-state index contributed by atoms with van der Waals surface area (Å²) < 4.78 is 1.13. The zero-order valence-corrected chi connectivity index (χ0v) is 12.4. The zero-order valence-electron chi connectivity index (χ0n) is 10.8. The van der Waals surface area contributed by atoms with Gasteiger partial charge in [-0.3, -0.25) is 0 Å². The maximum atomic E-state index is 8.85. The van der Waals surface area contributed by atoms with Crippen LogP contribution in [0.2, 0.25) is 0 Å². The normalized spacial score (nSPS) is 10.2. The van der Waals surface area contributed by atoms with Crippen LogP contribution in [0.3, 0.4) is 0 Å². The lowest BCUT2D eigenvalue weighted by Crippen LogP contribution is -2.13. The van der Waals surface area contributed by atoms with Crippen LogP contribution in [0, 0.1) is 18.3 Å². The largest absolute Gasteiger partial charge is 0.309 e. The molecule has 2 rings (SSSR count). The van der Waals surface area contributed by atoms with Crippen molar-refractivity contribution in [1.29, 1.82) is 5.26 Å². The molecule has 0 spiro atoms. The lowest BCUT2D eigenvalue weighted by molar-refractivity contribution is 0.691.